The van der Waals surface area contributed by atoms with Gasteiger partial charge in [0.05, 0.1) is 30.6 Å². The third-order valence-electron chi connectivity index (χ3n) is 5.19. The van der Waals surface area contributed by atoms with Crippen LogP contribution in [-0.4, -0.2) is 72.3 Å². The Hall–Kier alpha value is -1.36. The van der Waals surface area contributed by atoms with Crippen molar-refractivity contribution in [1.29, 1.82) is 0 Å². The minimum Gasteiger partial charge on any atom is -0.467 e. The summed E-state index contributed by atoms with van der Waals surface area (Å²) in [7, 11) is 2.65. The second-order valence-electron chi connectivity index (χ2n) is 6.74. The molecule has 0 bridgehead atoms. The van der Waals surface area contributed by atoms with Gasteiger partial charge >= 0.3 is 5.97 Å². The number of hydrogen-bond donors (Lipinski definition) is 1. The van der Waals surface area contributed by atoms with Gasteiger partial charge in [0.2, 0.25) is 17.2 Å². The Morgan fingerprint density at radius 2 is 1.79 bits per heavy atom. The van der Waals surface area contributed by atoms with Crippen molar-refractivity contribution in [3.05, 3.63) is 30.3 Å². The van der Waals surface area contributed by atoms with E-state index >= 15 is 0 Å². The highest BCUT2D eigenvalue weighted by molar-refractivity contribution is 7.85. The van der Waals surface area contributed by atoms with Crippen LogP contribution in [0.1, 0.15) is 20.3 Å². The highest BCUT2D eigenvalue weighted by atomic mass is 32.2. The van der Waals surface area contributed by atoms with Crippen molar-refractivity contribution in [3.63, 3.8) is 0 Å². The molecular weight excluding hydrogens is 388 g/mol. The summed E-state index contributed by atoms with van der Waals surface area (Å²) in [5.74, 6) is -3.51. The monoisotopic (exact) mass is 416 g/mol. The van der Waals surface area contributed by atoms with Crippen LogP contribution in [0, 0.1) is 0 Å². The second kappa shape index (κ2) is 8.98. The molecule has 8 nitrogen and oxygen atoms in total. The average molecular weight is 416 g/mol. The van der Waals surface area contributed by atoms with Gasteiger partial charge in [-0.15, -0.1) is 0 Å². The zero-order valence-corrected chi connectivity index (χ0v) is 17.6. The largest absolute Gasteiger partial charge is 0.467 e. The molecule has 0 spiro atoms. The van der Waals surface area contributed by atoms with Crippen LogP contribution in [0.4, 0.5) is 0 Å². The number of hydrogen-bond acceptors (Lipinski definition) is 8. The number of ether oxygens (including phenoxy) is 5. The van der Waals surface area contributed by atoms with E-state index < -0.39 is 40.0 Å². The molecule has 1 N–H and O–H groups in total. The number of methoxy groups -OCH3 is 3. The maximum absolute atomic E-state index is 12.6. The molecule has 0 aromatic heterocycles. The minimum absolute atomic E-state index is 0.0173. The van der Waals surface area contributed by atoms with E-state index in [2.05, 4.69) is 0 Å². The summed E-state index contributed by atoms with van der Waals surface area (Å²) in [5, 5.41) is 10.9. The van der Waals surface area contributed by atoms with Crippen molar-refractivity contribution in [3.8, 4) is 0 Å². The molecule has 28 heavy (non-hydrogen) atoms. The number of rotatable bonds is 8. The van der Waals surface area contributed by atoms with Crippen LogP contribution in [0.5, 0.6) is 0 Å². The Morgan fingerprint density at radius 3 is 2.32 bits per heavy atom. The first-order chi connectivity index (χ1) is 13.2. The Labute approximate surface area is 167 Å². The molecule has 1 aliphatic rings. The third kappa shape index (κ3) is 4.14. The van der Waals surface area contributed by atoms with Gasteiger partial charge in [-0.1, -0.05) is 18.2 Å². The molecule has 0 aliphatic carbocycles. The van der Waals surface area contributed by atoms with Crippen LogP contribution in [-0.2, 0) is 39.3 Å². The standard InChI is InChI=1S/C19H28O8S/c1-17(24-4)18(2,25-5)27-19(13-26-17,16(21)23-3)15(20)11-12-28(22)14-9-7-6-8-10-14/h6-10,15,20H,11-13H2,1-5H3/t15-,17-,18-,19-,28?/m0/s1. The van der Waals surface area contributed by atoms with Crippen molar-refractivity contribution in [2.45, 2.75) is 48.4 Å². The topological polar surface area (TPSA) is 101 Å². The molecule has 0 radical (unpaired) electrons. The lowest BCUT2D eigenvalue weighted by molar-refractivity contribution is -0.453. The highest BCUT2D eigenvalue weighted by Gasteiger charge is 2.63. The molecule has 1 heterocycles. The predicted octanol–water partition coefficient (Wildman–Crippen LogP) is 1.23. The number of carbonyl (C=O) groups is 1. The van der Waals surface area contributed by atoms with Gasteiger partial charge in [-0.25, -0.2) is 4.79 Å². The molecule has 0 saturated carbocycles. The van der Waals surface area contributed by atoms with Crippen LogP contribution >= 0.6 is 0 Å². The molecule has 0 amide bonds. The van der Waals surface area contributed by atoms with E-state index in [4.69, 9.17) is 23.7 Å². The Bertz CT molecular complexity index is 698. The summed E-state index contributed by atoms with van der Waals surface area (Å²) in [6.07, 6.45) is -1.33. The number of aliphatic hydroxyl groups is 1. The first-order valence-corrected chi connectivity index (χ1v) is 10.1. The first kappa shape index (κ1) is 22.9. The van der Waals surface area contributed by atoms with Crippen molar-refractivity contribution >= 4 is 16.8 Å². The number of aliphatic hydroxyl groups excluding tert-OH is 1. The van der Waals surface area contributed by atoms with E-state index in [0.717, 1.165) is 0 Å². The van der Waals surface area contributed by atoms with Crippen LogP contribution in [0.15, 0.2) is 35.2 Å². The van der Waals surface area contributed by atoms with Crippen molar-refractivity contribution in [1.82, 2.24) is 0 Å². The highest BCUT2D eigenvalue weighted by Crippen LogP contribution is 2.42. The van der Waals surface area contributed by atoms with Crippen LogP contribution in [0.2, 0.25) is 0 Å². The summed E-state index contributed by atoms with van der Waals surface area (Å²) < 4.78 is 39.9. The lowest BCUT2D eigenvalue weighted by Crippen LogP contribution is -2.71. The normalized spacial score (nSPS) is 32.5. The molecule has 5 atom stereocenters. The van der Waals surface area contributed by atoms with E-state index in [1.165, 1.54) is 21.3 Å². The summed E-state index contributed by atoms with van der Waals surface area (Å²) in [5.41, 5.74) is -1.85. The zero-order chi connectivity index (χ0) is 21.0. The Balaban J connectivity index is 2.23. The minimum atomic E-state index is -1.85. The third-order valence-corrected chi connectivity index (χ3v) is 6.60. The molecule has 1 aromatic carbocycles. The van der Waals surface area contributed by atoms with Crippen molar-refractivity contribution < 1.29 is 37.8 Å². The van der Waals surface area contributed by atoms with Crippen LogP contribution < -0.4 is 0 Å². The number of esters is 1. The van der Waals surface area contributed by atoms with E-state index in [1.807, 2.05) is 6.07 Å². The maximum Gasteiger partial charge on any atom is 0.343 e. The van der Waals surface area contributed by atoms with Gasteiger partial charge in [0.15, 0.2) is 0 Å². The van der Waals surface area contributed by atoms with E-state index in [9.17, 15) is 14.1 Å². The smallest absolute Gasteiger partial charge is 0.343 e. The van der Waals surface area contributed by atoms with Gasteiger partial charge < -0.3 is 28.8 Å². The lowest BCUT2D eigenvalue weighted by atomic mass is 9.91. The second-order valence-corrected chi connectivity index (χ2v) is 8.31. The Morgan fingerprint density at radius 1 is 1.18 bits per heavy atom. The Kier molecular flexibility index (Phi) is 7.35. The quantitative estimate of drug-likeness (QED) is 0.632. The lowest BCUT2D eigenvalue weighted by Gasteiger charge is -2.53. The molecule has 9 heteroatoms. The molecule has 1 unspecified atom stereocenters. The van der Waals surface area contributed by atoms with Gasteiger partial charge in [-0.05, 0) is 32.4 Å². The maximum atomic E-state index is 12.6. The van der Waals surface area contributed by atoms with Gasteiger partial charge in [-0.3, -0.25) is 4.21 Å². The summed E-state index contributed by atoms with van der Waals surface area (Å²) >= 11 is 0. The fraction of sp³-hybridized carbons (Fsp3) is 0.632. The number of carbonyl (C=O) groups excluding carboxylic acids is 1. The van der Waals surface area contributed by atoms with E-state index in [1.54, 1.807) is 38.1 Å². The SMILES string of the molecule is COC(=O)[C@@]1([C@@H](O)CCS(=O)c2ccccc2)CO[C@](C)(OC)[C@@](C)(OC)O1. The molecule has 1 aliphatic heterocycles. The molecule has 158 valence electrons. The van der Waals surface area contributed by atoms with E-state index in [-0.39, 0.29) is 18.8 Å². The van der Waals surface area contributed by atoms with Gasteiger partial charge in [0.1, 0.15) is 0 Å². The fourth-order valence-electron chi connectivity index (χ4n) is 3.03. The van der Waals surface area contributed by atoms with Gasteiger partial charge in [0.25, 0.3) is 0 Å². The molecule has 1 aromatic rings. The van der Waals surface area contributed by atoms with Crippen LogP contribution in [0.25, 0.3) is 0 Å². The molecule has 2 rings (SSSR count). The first-order valence-electron chi connectivity index (χ1n) is 8.82. The van der Waals surface area contributed by atoms with Crippen molar-refractivity contribution in [2.75, 3.05) is 33.7 Å². The van der Waals surface area contributed by atoms with Crippen LogP contribution in [0.3, 0.4) is 0 Å². The average Bonchev–Trinajstić information content (AvgIpc) is 2.73. The summed E-state index contributed by atoms with van der Waals surface area (Å²) in [6, 6.07) is 8.88. The summed E-state index contributed by atoms with van der Waals surface area (Å²) in [6.45, 7) is 2.83. The molecule has 1 saturated heterocycles. The van der Waals surface area contributed by atoms with Crippen molar-refractivity contribution in [2.24, 2.45) is 0 Å². The number of benzene rings is 1. The molecule has 1 fully saturated rings. The van der Waals surface area contributed by atoms with Gasteiger partial charge in [0, 0.05) is 24.9 Å². The summed E-state index contributed by atoms with van der Waals surface area (Å²) in [4.78, 5) is 13.2. The molecular formula is C19H28O8S. The zero-order valence-electron chi connectivity index (χ0n) is 16.8. The van der Waals surface area contributed by atoms with Gasteiger partial charge in [-0.2, -0.15) is 0 Å². The predicted molar refractivity (Wildman–Crippen MR) is 101 cm³/mol. The van der Waals surface area contributed by atoms with E-state index in [0.29, 0.717) is 4.90 Å². The fourth-order valence-corrected chi connectivity index (χ4v) is 4.17.